The molecule has 3 nitrogen and oxygen atoms in total. The van der Waals surface area contributed by atoms with Crippen LogP contribution in [-0.4, -0.2) is 29.5 Å². The molecule has 1 aliphatic carbocycles. The molecule has 1 aliphatic rings. The molecule has 0 bridgehead atoms. The first-order valence-electron chi connectivity index (χ1n) is 7.64. The molecule has 2 rings (SSSR count). The van der Waals surface area contributed by atoms with Crippen molar-refractivity contribution in [3.63, 3.8) is 0 Å². The monoisotopic (exact) mass is 261 g/mol. The average Bonchev–Trinajstić information content (AvgIpc) is 2.48. The zero-order valence-electron chi connectivity index (χ0n) is 12.1. The molecule has 0 spiro atoms. The molecular formula is C16H27N3. The third-order valence-electron chi connectivity index (χ3n) is 4.46. The van der Waals surface area contributed by atoms with Gasteiger partial charge >= 0.3 is 0 Å². The van der Waals surface area contributed by atoms with Gasteiger partial charge in [0.05, 0.1) is 0 Å². The molecule has 2 unspecified atom stereocenters. The normalized spacial score (nSPS) is 23.7. The van der Waals surface area contributed by atoms with E-state index in [1.54, 1.807) is 0 Å². The summed E-state index contributed by atoms with van der Waals surface area (Å²) in [5.41, 5.74) is 7.29. The molecule has 0 radical (unpaired) electrons. The van der Waals surface area contributed by atoms with Gasteiger partial charge in [0.2, 0.25) is 0 Å². The number of hydrogen-bond acceptors (Lipinski definition) is 3. The van der Waals surface area contributed by atoms with E-state index >= 15 is 0 Å². The lowest BCUT2D eigenvalue weighted by atomic mass is 9.79. The van der Waals surface area contributed by atoms with Gasteiger partial charge in [0.15, 0.2) is 0 Å². The second-order valence-corrected chi connectivity index (χ2v) is 5.72. The van der Waals surface area contributed by atoms with E-state index in [2.05, 4.69) is 28.9 Å². The van der Waals surface area contributed by atoms with E-state index in [1.807, 2.05) is 12.4 Å². The molecule has 1 saturated carbocycles. The van der Waals surface area contributed by atoms with Crippen LogP contribution in [0.3, 0.4) is 0 Å². The molecule has 0 aliphatic heterocycles. The minimum Gasteiger partial charge on any atom is -0.330 e. The summed E-state index contributed by atoms with van der Waals surface area (Å²) in [5, 5.41) is 0. The maximum atomic E-state index is 5.94. The van der Waals surface area contributed by atoms with Crippen molar-refractivity contribution in [3.8, 4) is 0 Å². The Morgan fingerprint density at radius 2 is 1.89 bits per heavy atom. The van der Waals surface area contributed by atoms with Crippen LogP contribution in [0.1, 0.15) is 38.2 Å². The van der Waals surface area contributed by atoms with Crippen LogP contribution in [0.15, 0.2) is 24.5 Å². The van der Waals surface area contributed by atoms with Crippen LogP contribution < -0.4 is 5.73 Å². The molecule has 2 N–H and O–H groups in total. The summed E-state index contributed by atoms with van der Waals surface area (Å²) in [5.74, 6) is 1.53. The third-order valence-corrected chi connectivity index (χ3v) is 4.46. The fourth-order valence-electron chi connectivity index (χ4n) is 3.22. The second kappa shape index (κ2) is 7.61. The van der Waals surface area contributed by atoms with Crippen LogP contribution in [0.25, 0.3) is 0 Å². The van der Waals surface area contributed by atoms with E-state index in [0.717, 1.165) is 31.5 Å². The molecule has 0 aromatic carbocycles. The summed E-state index contributed by atoms with van der Waals surface area (Å²) >= 11 is 0. The van der Waals surface area contributed by atoms with Gasteiger partial charge in [-0.1, -0.05) is 19.8 Å². The molecule has 0 saturated heterocycles. The Morgan fingerprint density at radius 1 is 1.21 bits per heavy atom. The Kier molecular flexibility index (Phi) is 5.80. The summed E-state index contributed by atoms with van der Waals surface area (Å²) in [4.78, 5) is 6.63. The van der Waals surface area contributed by atoms with Gasteiger partial charge in [-0.2, -0.15) is 0 Å². The van der Waals surface area contributed by atoms with Crippen molar-refractivity contribution in [2.75, 3.05) is 19.6 Å². The fourth-order valence-corrected chi connectivity index (χ4v) is 3.22. The highest BCUT2D eigenvalue weighted by Crippen LogP contribution is 2.30. The van der Waals surface area contributed by atoms with Crippen LogP contribution in [0.2, 0.25) is 0 Å². The van der Waals surface area contributed by atoms with Crippen LogP contribution >= 0.6 is 0 Å². The van der Waals surface area contributed by atoms with Gasteiger partial charge < -0.3 is 5.73 Å². The van der Waals surface area contributed by atoms with Crippen molar-refractivity contribution >= 4 is 0 Å². The number of nitrogens with zero attached hydrogens (tertiary/aromatic N) is 2. The standard InChI is InChI=1S/C16H27N3/c1-2-19(12-14-7-9-18-10-8-14)13-16-6-4-3-5-15(16)11-17/h7-10,15-16H,2-6,11-13,17H2,1H3. The van der Waals surface area contributed by atoms with Gasteiger partial charge in [-0.15, -0.1) is 0 Å². The number of pyridine rings is 1. The molecule has 3 heteroatoms. The lowest BCUT2D eigenvalue weighted by Gasteiger charge is -2.34. The highest BCUT2D eigenvalue weighted by Gasteiger charge is 2.25. The largest absolute Gasteiger partial charge is 0.330 e. The zero-order chi connectivity index (χ0) is 13.5. The summed E-state index contributed by atoms with van der Waals surface area (Å²) in [6.07, 6.45) is 9.20. The van der Waals surface area contributed by atoms with Crippen molar-refractivity contribution in [1.29, 1.82) is 0 Å². The van der Waals surface area contributed by atoms with Gasteiger partial charge in [-0.3, -0.25) is 9.88 Å². The number of rotatable bonds is 6. The Bertz CT molecular complexity index is 352. The average molecular weight is 261 g/mol. The van der Waals surface area contributed by atoms with Crippen molar-refractivity contribution < 1.29 is 0 Å². The number of hydrogen-bond donors (Lipinski definition) is 1. The highest BCUT2D eigenvalue weighted by atomic mass is 15.1. The van der Waals surface area contributed by atoms with Crippen molar-refractivity contribution in [2.45, 2.75) is 39.2 Å². The van der Waals surface area contributed by atoms with Crippen molar-refractivity contribution in [2.24, 2.45) is 17.6 Å². The molecule has 1 fully saturated rings. The van der Waals surface area contributed by atoms with Gasteiger partial charge in [-0.05, 0) is 55.5 Å². The summed E-state index contributed by atoms with van der Waals surface area (Å²) in [6.45, 7) is 6.45. The predicted octanol–water partition coefficient (Wildman–Crippen LogP) is 2.67. The fraction of sp³-hybridized carbons (Fsp3) is 0.688. The molecule has 0 amide bonds. The van der Waals surface area contributed by atoms with Gasteiger partial charge in [0, 0.05) is 25.5 Å². The maximum absolute atomic E-state index is 5.94. The highest BCUT2D eigenvalue weighted by molar-refractivity contribution is 5.09. The van der Waals surface area contributed by atoms with Gasteiger partial charge in [0.25, 0.3) is 0 Å². The van der Waals surface area contributed by atoms with Crippen molar-refractivity contribution in [3.05, 3.63) is 30.1 Å². The molecule has 1 aromatic rings. The summed E-state index contributed by atoms with van der Waals surface area (Å²) in [7, 11) is 0. The van der Waals surface area contributed by atoms with E-state index in [0.29, 0.717) is 0 Å². The third kappa shape index (κ3) is 4.29. The summed E-state index contributed by atoms with van der Waals surface area (Å²) in [6, 6.07) is 4.23. The molecule has 19 heavy (non-hydrogen) atoms. The van der Waals surface area contributed by atoms with Crippen LogP contribution in [0.4, 0.5) is 0 Å². The Labute approximate surface area is 117 Å². The molecule has 1 heterocycles. The SMILES string of the molecule is CCN(Cc1ccncc1)CC1CCCCC1CN. The second-order valence-electron chi connectivity index (χ2n) is 5.72. The van der Waals surface area contributed by atoms with Crippen LogP contribution in [0, 0.1) is 11.8 Å². The molecule has 106 valence electrons. The minimum absolute atomic E-state index is 0.736. The quantitative estimate of drug-likeness (QED) is 0.856. The number of nitrogens with two attached hydrogens (primary N) is 1. The topological polar surface area (TPSA) is 42.2 Å². The first-order chi connectivity index (χ1) is 9.33. The minimum atomic E-state index is 0.736. The zero-order valence-corrected chi connectivity index (χ0v) is 12.1. The lowest BCUT2D eigenvalue weighted by molar-refractivity contribution is 0.154. The van der Waals surface area contributed by atoms with E-state index in [1.165, 1.54) is 37.8 Å². The molecular weight excluding hydrogens is 234 g/mol. The van der Waals surface area contributed by atoms with E-state index in [9.17, 15) is 0 Å². The van der Waals surface area contributed by atoms with Crippen LogP contribution in [-0.2, 0) is 6.54 Å². The lowest BCUT2D eigenvalue weighted by Crippen LogP contribution is -2.36. The van der Waals surface area contributed by atoms with Crippen LogP contribution in [0.5, 0.6) is 0 Å². The van der Waals surface area contributed by atoms with Crippen molar-refractivity contribution in [1.82, 2.24) is 9.88 Å². The maximum Gasteiger partial charge on any atom is 0.0271 e. The van der Waals surface area contributed by atoms with Gasteiger partial charge in [-0.25, -0.2) is 0 Å². The first-order valence-corrected chi connectivity index (χ1v) is 7.64. The van der Waals surface area contributed by atoms with Gasteiger partial charge in [0.1, 0.15) is 0 Å². The molecule has 1 aromatic heterocycles. The van der Waals surface area contributed by atoms with E-state index < -0.39 is 0 Å². The smallest absolute Gasteiger partial charge is 0.0271 e. The number of aromatic nitrogens is 1. The summed E-state index contributed by atoms with van der Waals surface area (Å²) < 4.78 is 0. The predicted molar refractivity (Wildman–Crippen MR) is 79.7 cm³/mol. The Morgan fingerprint density at radius 3 is 2.53 bits per heavy atom. The van der Waals surface area contributed by atoms with E-state index in [4.69, 9.17) is 5.73 Å². The van der Waals surface area contributed by atoms with E-state index in [-0.39, 0.29) is 0 Å². The Hall–Kier alpha value is -0.930. The first kappa shape index (κ1) is 14.5. The Balaban J connectivity index is 1.90. The molecule has 2 atom stereocenters.